The largest absolute Gasteiger partial charge is 0.388 e. The Morgan fingerprint density at radius 3 is 2.92 bits per heavy atom. The lowest BCUT2D eigenvalue weighted by Crippen LogP contribution is -2.39. The van der Waals surface area contributed by atoms with Crippen LogP contribution in [0.25, 0.3) is 11.0 Å². The van der Waals surface area contributed by atoms with E-state index < -0.39 is 0 Å². The Morgan fingerprint density at radius 1 is 1.31 bits per heavy atom. The standard InChI is InChI=1S/C17H21N7O2/c1-22-15(10-25)20-21-16(22)11-4-3-5-24(9-11)17(26)12-6-14-13(18-7-12)8-19-23(14)2/h6-8,11,25H,3-5,9-10H2,1-2H3. The second-order valence-electron chi connectivity index (χ2n) is 6.68. The number of nitrogens with zero attached hydrogens (tertiary/aromatic N) is 7. The van der Waals surface area contributed by atoms with Crippen LogP contribution in [0.1, 0.15) is 40.8 Å². The summed E-state index contributed by atoms with van der Waals surface area (Å²) in [6, 6.07) is 1.84. The van der Waals surface area contributed by atoms with E-state index in [4.69, 9.17) is 0 Å². The fourth-order valence-electron chi connectivity index (χ4n) is 3.57. The molecular weight excluding hydrogens is 334 g/mol. The van der Waals surface area contributed by atoms with E-state index in [0.717, 1.165) is 29.7 Å². The number of aliphatic hydroxyl groups excluding tert-OH is 1. The van der Waals surface area contributed by atoms with Crippen molar-refractivity contribution in [1.82, 2.24) is 34.4 Å². The van der Waals surface area contributed by atoms with Crippen molar-refractivity contribution in [2.24, 2.45) is 14.1 Å². The summed E-state index contributed by atoms with van der Waals surface area (Å²) in [5.74, 6) is 1.43. The van der Waals surface area contributed by atoms with Crippen LogP contribution in [0.2, 0.25) is 0 Å². The number of aryl methyl sites for hydroxylation is 1. The molecule has 0 spiro atoms. The highest BCUT2D eigenvalue weighted by atomic mass is 16.3. The predicted octanol–water partition coefficient (Wildman–Crippen LogP) is 0.609. The Balaban J connectivity index is 1.57. The first-order valence-electron chi connectivity index (χ1n) is 8.64. The Morgan fingerprint density at radius 2 is 2.15 bits per heavy atom. The van der Waals surface area contributed by atoms with Crippen LogP contribution in [0.4, 0.5) is 0 Å². The highest BCUT2D eigenvalue weighted by Crippen LogP contribution is 2.27. The Labute approximate surface area is 150 Å². The van der Waals surface area contributed by atoms with Gasteiger partial charge < -0.3 is 14.6 Å². The number of hydrogen-bond acceptors (Lipinski definition) is 6. The zero-order chi connectivity index (χ0) is 18.3. The minimum atomic E-state index is -0.144. The molecule has 4 heterocycles. The van der Waals surface area contributed by atoms with Gasteiger partial charge in [-0.3, -0.25) is 14.5 Å². The van der Waals surface area contributed by atoms with Crippen LogP contribution in [-0.2, 0) is 20.7 Å². The van der Waals surface area contributed by atoms with Crippen molar-refractivity contribution < 1.29 is 9.90 Å². The summed E-state index contributed by atoms with van der Waals surface area (Å²) in [6.07, 6.45) is 5.15. The molecule has 0 radical (unpaired) electrons. The molecule has 1 saturated heterocycles. The van der Waals surface area contributed by atoms with Crippen molar-refractivity contribution >= 4 is 16.9 Å². The van der Waals surface area contributed by atoms with Crippen molar-refractivity contribution in [1.29, 1.82) is 0 Å². The molecule has 26 heavy (non-hydrogen) atoms. The maximum absolute atomic E-state index is 13.0. The summed E-state index contributed by atoms with van der Waals surface area (Å²) in [7, 11) is 3.68. The van der Waals surface area contributed by atoms with Crippen molar-refractivity contribution in [2.45, 2.75) is 25.4 Å². The molecule has 1 amide bonds. The minimum absolute atomic E-state index is 0.0325. The summed E-state index contributed by atoms with van der Waals surface area (Å²) >= 11 is 0. The third-order valence-corrected chi connectivity index (χ3v) is 5.06. The fraction of sp³-hybridized carbons (Fsp3) is 0.471. The van der Waals surface area contributed by atoms with Crippen LogP contribution in [0.5, 0.6) is 0 Å². The summed E-state index contributed by atoms with van der Waals surface area (Å²) in [4.78, 5) is 19.2. The molecule has 136 valence electrons. The Kier molecular flexibility index (Phi) is 4.15. The third-order valence-electron chi connectivity index (χ3n) is 5.06. The molecule has 0 aromatic carbocycles. The van der Waals surface area contributed by atoms with Gasteiger partial charge in [-0.2, -0.15) is 5.10 Å². The molecular formula is C17H21N7O2. The van der Waals surface area contributed by atoms with Gasteiger partial charge in [-0.1, -0.05) is 0 Å². The average molecular weight is 355 g/mol. The molecule has 1 atom stereocenters. The molecule has 0 aliphatic carbocycles. The zero-order valence-electron chi connectivity index (χ0n) is 14.8. The SMILES string of the molecule is Cn1c(CO)nnc1C1CCCN(C(=O)c2cnc3cnn(C)c3c2)C1. The van der Waals surface area contributed by atoms with Crippen LogP contribution < -0.4 is 0 Å². The number of hydrogen-bond donors (Lipinski definition) is 1. The van der Waals surface area contributed by atoms with Gasteiger partial charge >= 0.3 is 0 Å². The van der Waals surface area contributed by atoms with Crippen molar-refractivity contribution in [2.75, 3.05) is 13.1 Å². The third kappa shape index (κ3) is 2.74. The first kappa shape index (κ1) is 16.6. The summed E-state index contributed by atoms with van der Waals surface area (Å²) < 4.78 is 3.54. The number of amides is 1. The van der Waals surface area contributed by atoms with Crippen LogP contribution in [-0.4, -0.2) is 58.5 Å². The van der Waals surface area contributed by atoms with E-state index in [2.05, 4.69) is 20.3 Å². The number of carbonyl (C=O) groups is 1. The molecule has 0 bridgehead atoms. The lowest BCUT2D eigenvalue weighted by molar-refractivity contribution is 0.0703. The van der Waals surface area contributed by atoms with Crippen LogP contribution in [0.15, 0.2) is 18.5 Å². The topological polar surface area (TPSA) is 102 Å². The van der Waals surface area contributed by atoms with Gasteiger partial charge in [0.15, 0.2) is 5.82 Å². The van der Waals surface area contributed by atoms with Crippen LogP contribution >= 0.6 is 0 Å². The molecule has 9 heteroatoms. The summed E-state index contributed by atoms with van der Waals surface area (Å²) in [5, 5.41) is 21.7. The van der Waals surface area contributed by atoms with Gasteiger partial charge in [-0.15, -0.1) is 10.2 Å². The second kappa shape index (κ2) is 6.49. The number of pyridine rings is 1. The number of likely N-dealkylation sites (tertiary alicyclic amines) is 1. The quantitative estimate of drug-likeness (QED) is 0.738. The van der Waals surface area contributed by atoms with E-state index in [1.54, 1.807) is 17.1 Å². The molecule has 1 fully saturated rings. The molecule has 4 rings (SSSR count). The van der Waals surface area contributed by atoms with Crippen molar-refractivity contribution in [3.63, 3.8) is 0 Å². The summed E-state index contributed by atoms with van der Waals surface area (Å²) in [6.45, 7) is 1.15. The maximum atomic E-state index is 13.0. The van der Waals surface area contributed by atoms with Crippen molar-refractivity contribution in [3.8, 4) is 0 Å². The van der Waals surface area contributed by atoms with E-state index in [1.165, 1.54) is 0 Å². The molecule has 9 nitrogen and oxygen atoms in total. The molecule has 0 saturated carbocycles. The molecule has 1 aliphatic heterocycles. The first-order valence-corrected chi connectivity index (χ1v) is 8.64. The van der Waals surface area contributed by atoms with Gasteiger partial charge in [-0.05, 0) is 18.9 Å². The van der Waals surface area contributed by atoms with Gasteiger partial charge in [-0.25, -0.2) is 0 Å². The molecule has 1 N–H and O–H groups in total. The van der Waals surface area contributed by atoms with E-state index in [9.17, 15) is 9.90 Å². The number of fused-ring (bicyclic) bond motifs is 1. The minimum Gasteiger partial charge on any atom is -0.388 e. The predicted molar refractivity (Wildman–Crippen MR) is 93.3 cm³/mol. The highest BCUT2D eigenvalue weighted by molar-refractivity contribution is 5.96. The van der Waals surface area contributed by atoms with Gasteiger partial charge in [0.2, 0.25) is 0 Å². The van der Waals surface area contributed by atoms with E-state index >= 15 is 0 Å². The fourth-order valence-corrected chi connectivity index (χ4v) is 3.57. The van der Waals surface area contributed by atoms with Crippen molar-refractivity contribution in [3.05, 3.63) is 35.7 Å². The highest BCUT2D eigenvalue weighted by Gasteiger charge is 2.29. The maximum Gasteiger partial charge on any atom is 0.255 e. The number of rotatable bonds is 3. The average Bonchev–Trinajstić information content (AvgIpc) is 3.23. The van der Waals surface area contributed by atoms with Gasteiger partial charge in [0.1, 0.15) is 17.9 Å². The zero-order valence-corrected chi connectivity index (χ0v) is 14.8. The lowest BCUT2D eigenvalue weighted by Gasteiger charge is -2.32. The Hall–Kier alpha value is -2.81. The number of carbonyl (C=O) groups excluding carboxylic acids is 1. The number of aromatic nitrogens is 6. The van der Waals surface area contributed by atoms with Gasteiger partial charge in [0.05, 0.1) is 17.3 Å². The monoisotopic (exact) mass is 355 g/mol. The lowest BCUT2D eigenvalue weighted by atomic mass is 9.96. The van der Waals surface area contributed by atoms with Gasteiger partial charge in [0, 0.05) is 39.3 Å². The molecule has 1 aliphatic rings. The Bertz CT molecular complexity index is 961. The molecule has 1 unspecified atom stereocenters. The summed E-state index contributed by atoms with van der Waals surface area (Å²) in [5.41, 5.74) is 2.18. The molecule has 3 aromatic heterocycles. The number of piperidine rings is 1. The normalized spacial score (nSPS) is 17.8. The van der Waals surface area contributed by atoms with E-state index in [1.807, 2.05) is 29.6 Å². The number of aliphatic hydroxyl groups is 1. The first-order chi connectivity index (χ1) is 12.6. The van der Waals surface area contributed by atoms with E-state index in [-0.39, 0.29) is 18.4 Å². The van der Waals surface area contributed by atoms with Gasteiger partial charge in [0.25, 0.3) is 5.91 Å². The smallest absolute Gasteiger partial charge is 0.255 e. The molecule has 3 aromatic rings. The van der Waals surface area contributed by atoms with E-state index in [0.29, 0.717) is 24.5 Å². The van der Waals surface area contributed by atoms with Crippen LogP contribution in [0, 0.1) is 0 Å². The second-order valence-corrected chi connectivity index (χ2v) is 6.68. The van der Waals surface area contributed by atoms with Crippen LogP contribution in [0.3, 0.4) is 0 Å².